The fourth-order valence-corrected chi connectivity index (χ4v) is 2.75. The van der Waals surface area contributed by atoms with Crippen LogP contribution in [0.5, 0.6) is 0 Å². The quantitative estimate of drug-likeness (QED) is 0.438. The van der Waals surface area contributed by atoms with Crippen LogP contribution < -0.4 is 0 Å². The third-order valence-corrected chi connectivity index (χ3v) is 3.86. The summed E-state index contributed by atoms with van der Waals surface area (Å²) in [6.07, 6.45) is 9.05. The van der Waals surface area contributed by atoms with Crippen LogP contribution in [0.3, 0.4) is 0 Å². The first-order valence-electron chi connectivity index (χ1n) is 6.09. The minimum Gasteiger partial charge on any atom is -0.341 e. The van der Waals surface area contributed by atoms with Gasteiger partial charge >= 0.3 is 0 Å². The lowest BCUT2D eigenvalue weighted by molar-refractivity contribution is 0.927. The molecule has 0 amide bonds. The van der Waals surface area contributed by atoms with E-state index in [1.807, 2.05) is 12.4 Å². The van der Waals surface area contributed by atoms with Crippen LogP contribution >= 0.6 is 11.8 Å². The predicted molar refractivity (Wildman–Crippen MR) is 75.0 cm³/mol. The van der Waals surface area contributed by atoms with E-state index in [0.717, 1.165) is 34.8 Å². The Hall–Kier alpha value is -1.95. The molecule has 0 saturated heterocycles. The molecule has 0 aliphatic carbocycles. The number of nitrogens with zero attached hydrogens (tertiary/aromatic N) is 4. The Morgan fingerprint density at radius 2 is 2.00 bits per heavy atom. The molecule has 19 heavy (non-hydrogen) atoms. The van der Waals surface area contributed by atoms with Gasteiger partial charge in [-0.15, -0.1) is 11.8 Å². The van der Waals surface area contributed by atoms with Crippen LogP contribution in [0.25, 0.3) is 11.2 Å². The number of aryl methyl sites for hydroxylation is 1. The van der Waals surface area contributed by atoms with Crippen molar-refractivity contribution in [1.29, 1.82) is 0 Å². The van der Waals surface area contributed by atoms with Gasteiger partial charge in [0.05, 0.1) is 6.33 Å². The van der Waals surface area contributed by atoms with Gasteiger partial charge in [-0.1, -0.05) is 0 Å². The zero-order valence-corrected chi connectivity index (χ0v) is 11.1. The number of nitrogens with one attached hydrogen (secondary N) is 1. The zero-order valence-electron chi connectivity index (χ0n) is 10.3. The summed E-state index contributed by atoms with van der Waals surface area (Å²) in [6, 6.07) is 4.12. The van der Waals surface area contributed by atoms with Crippen molar-refractivity contribution < 1.29 is 0 Å². The summed E-state index contributed by atoms with van der Waals surface area (Å²) in [6.45, 7) is 0. The molecule has 0 saturated carbocycles. The van der Waals surface area contributed by atoms with E-state index in [1.54, 1.807) is 24.4 Å². The molecule has 0 aliphatic heterocycles. The molecule has 0 spiro atoms. The summed E-state index contributed by atoms with van der Waals surface area (Å²) >= 11 is 1.74. The van der Waals surface area contributed by atoms with Gasteiger partial charge in [-0.2, -0.15) is 0 Å². The Kier molecular flexibility index (Phi) is 3.69. The van der Waals surface area contributed by atoms with Gasteiger partial charge in [0.1, 0.15) is 16.9 Å². The van der Waals surface area contributed by atoms with Crippen LogP contribution in [-0.2, 0) is 6.42 Å². The number of pyridine rings is 1. The van der Waals surface area contributed by atoms with Gasteiger partial charge in [-0.05, 0) is 36.3 Å². The molecule has 3 heterocycles. The highest BCUT2D eigenvalue weighted by Crippen LogP contribution is 2.22. The fraction of sp³-hybridized carbons (Fsp3) is 0.231. The van der Waals surface area contributed by atoms with Crippen LogP contribution in [0, 0.1) is 0 Å². The van der Waals surface area contributed by atoms with Gasteiger partial charge in [0.2, 0.25) is 0 Å². The molecule has 6 heteroatoms. The molecule has 1 N–H and O–H groups in total. The Morgan fingerprint density at radius 3 is 2.89 bits per heavy atom. The second kappa shape index (κ2) is 5.79. The number of thioether (sulfide) groups is 1. The van der Waals surface area contributed by atoms with Crippen molar-refractivity contribution in [2.45, 2.75) is 17.9 Å². The van der Waals surface area contributed by atoms with Gasteiger partial charge in [0, 0.05) is 12.4 Å². The number of fused-ring (bicyclic) bond motifs is 1. The van der Waals surface area contributed by atoms with E-state index in [2.05, 4.69) is 37.1 Å². The molecule has 96 valence electrons. The molecule has 0 fully saturated rings. The molecule has 0 bridgehead atoms. The van der Waals surface area contributed by atoms with E-state index >= 15 is 0 Å². The van der Waals surface area contributed by atoms with E-state index in [4.69, 9.17) is 0 Å². The smallest absolute Gasteiger partial charge is 0.181 e. The molecule has 0 aliphatic rings. The number of H-pyrrole nitrogens is 1. The van der Waals surface area contributed by atoms with Crippen molar-refractivity contribution in [3.8, 4) is 0 Å². The second-order valence-electron chi connectivity index (χ2n) is 4.09. The van der Waals surface area contributed by atoms with Crippen LogP contribution in [0.1, 0.15) is 12.0 Å². The molecule has 3 aromatic heterocycles. The Bertz CT molecular complexity index is 652. The summed E-state index contributed by atoms with van der Waals surface area (Å²) < 4.78 is 0. The van der Waals surface area contributed by atoms with Crippen LogP contribution in [0.15, 0.2) is 42.2 Å². The van der Waals surface area contributed by atoms with Crippen molar-refractivity contribution in [2.24, 2.45) is 0 Å². The summed E-state index contributed by atoms with van der Waals surface area (Å²) in [5.74, 6) is 1.02. The van der Waals surface area contributed by atoms with E-state index in [9.17, 15) is 0 Å². The molecule has 0 aromatic carbocycles. The van der Waals surface area contributed by atoms with Crippen molar-refractivity contribution >= 4 is 22.9 Å². The maximum atomic E-state index is 4.29. The number of hydrogen-bond acceptors (Lipinski definition) is 5. The molecule has 5 nitrogen and oxygen atoms in total. The van der Waals surface area contributed by atoms with Crippen LogP contribution in [-0.4, -0.2) is 30.7 Å². The van der Waals surface area contributed by atoms with Gasteiger partial charge in [0.15, 0.2) is 5.65 Å². The number of hydrogen-bond donors (Lipinski definition) is 1. The lowest BCUT2D eigenvalue weighted by atomic mass is 10.2. The van der Waals surface area contributed by atoms with Gasteiger partial charge in [0.25, 0.3) is 0 Å². The molecular weight excluding hydrogens is 258 g/mol. The highest BCUT2D eigenvalue weighted by molar-refractivity contribution is 7.99. The van der Waals surface area contributed by atoms with Crippen molar-refractivity contribution in [3.05, 3.63) is 42.7 Å². The van der Waals surface area contributed by atoms with Gasteiger partial charge in [-0.25, -0.2) is 15.0 Å². The minimum absolute atomic E-state index is 0.728. The lowest BCUT2D eigenvalue weighted by Crippen LogP contribution is -1.90. The van der Waals surface area contributed by atoms with E-state index in [1.165, 1.54) is 5.56 Å². The highest BCUT2D eigenvalue weighted by Gasteiger charge is 2.05. The Morgan fingerprint density at radius 1 is 1.11 bits per heavy atom. The van der Waals surface area contributed by atoms with Crippen molar-refractivity contribution in [1.82, 2.24) is 24.9 Å². The van der Waals surface area contributed by atoms with E-state index in [0.29, 0.717) is 0 Å². The SMILES string of the molecule is c1cc(CCCSc2ncnc3nc[nH]c23)ccn1. The first-order valence-corrected chi connectivity index (χ1v) is 7.08. The lowest BCUT2D eigenvalue weighted by Gasteiger charge is -2.02. The average Bonchev–Trinajstić information content (AvgIpc) is 2.94. The topological polar surface area (TPSA) is 67.3 Å². The van der Waals surface area contributed by atoms with Crippen molar-refractivity contribution in [3.63, 3.8) is 0 Å². The summed E-state index contributed by atoms with van der Waals surface area (Å²) in [5, 5.41) is 0.970. The largest absolute Gasteiger partial charge is 0.341 e. The average molecular weight is 271 g/mol. The summed E-state index contributed by atoms with van der Waals surface area (Å²) in [4.78, 5) is 19.6. The predicted octanol–water partition coefficient (Wildman–Crippen LogP) is 2.47. The first-order chi connectivity index (χ1) is 9.43. The normalized spacial score (nSPS) is 10.9. The number of imidazole rings is 1. The molecule has 0 radical (unpaired) electrons. The summed E-state index contributed by atoms with van der Waals surface area (Å²) in [5.41, 5.74) is 2.98. The first kappa shape index (κ1) is 12.1. The number of aromatic amines is 1. The molecule has 0 atom stereocenters. The van der Waals surface area contributed by atoms with Crippen LogP contribution in [0.4, 0.5) is 0 Å². The maximum Gasteiger partial charge on any atom is 0.181 e. The second-order valence-corrected chi connectivity index (χ2v) is 5.17. The number of aromatic nitrogens is 5. The monoisotopic (exact) mass is 271 g/mol. The maximum absolute atomic E-state index is 4.29. The standard InChI is InChI=1S/C13H13N5S/c1(2-10-3-5-14-6-4-10)7-19-13-11-12(16-8-15-11)17-9-18-13/h3-6,8-9H,1-2,7H2,(H,15,16,17,18). The van der Waals surface area contributed by atoms with Gasteiger partial charge in [-0.3, -0.25) is 4.98 Å². The number of rotatable bonds is 5. The Balaban J connectivity index is 1.57. The zero-order chi connectivity index (χ0) is 12.9. The minimum atomic E-state index is 0.728. The molecule has 3 aromatic rings. The molecular formula is C13H13N5S. The summed E-state index contributed by atoms with van der Waals surface area (Å²) in [7, 11) is 0. The molecule has 3 rings (SSSR count). The molecule has 0 unspecified atom stereocenters. The van der Waals surface area contributed by atoms with E-state index < -0.39 is 0 Å². The Labute approximate surface area is 114 Å². The third-order valence-electron chi connectivity index (χ3n) is 2.79. The third kappa shape index (κ3) is 2.90. The van der Waals surface area contributed by atoms with Gasteiger partial charge < -0.3 is 4.98 Å². The van der Waals surface area contributed by atoms with E-state index in [-0.39, 0.29) is 0 Å². The fourth-order valence-electron chi connectivity index (χ4n) is 1.85. The van der Waals surface area contributed by atoms with Crippen LogP contribution in [0.2, 0.25) is 0 Å². The van der Waals surface area contributed by atoms with Crippen molar-refractivity contribution in [2.75, 3.05) is 5.75 Å². The highest BCUT2D eigenvalue weighted by atomic mass is 32.2.